The Morgan fingerprint density at radius 2 is 1.84 bits per heavy atom. The van der Waals surface area contributed by atoms with E-state index in [0.717, 1.165) is 23.8 Å². The maximum atomic E-state index is 10.7. The molecule has 1 unspecified atom stereocenters. The van der Waals surface area contributed by atoms with Crippen molar-refractivity contribution in [2.24, 2.45) is 5.92 Å². The van der Waals surface area contributed by atoms with E-state index >= 15 is 0 Å². The van der Waals surface area contributed by atoms with E-state index in [4.69, 9.17) is 0 Å². The normalized spacial score (nSPS) is 19.2. The van der Waals surface area contributed by atoms with Gasteiger partial charge in [0, 0.05) is 17.8 Å². The Hall–Kier alpha value is -1.41. The minimum Gasteiger partial charge on any atom is -0.388 e. The molecular weight excluding hydrogens is 234 g/mol. The van der Waals surface area contributed by atoms with Crippen molar-refractivity contribution in [3.8, 4) is 0 Å². The van der Waals surface area contributed by atoms with Crippen LogP contribution < -0.4 is 0 Å². The average Bonchev–Trinajstić information content (AvgIpc) is 2.75. The number of aliphatic hydroxyl groups is 1. The second-order valence-corrected chi connectivity index (χ2v) is 5.64. The van der Waals surface area contributed by atoms with Crippen LogP contribution in [0.1, 0.15) is 50.2 Å². The Kier molecular flexibility index (Phi) is 3.79. The van der Waals surface area contributed by atoms with Gasteiger partial charge in [-0.1, -0.05) is 43.9 Å². The lowest BCUT2D eigenvalue weighted by molar-refractivity contribution is 0.100. The largest absolute Gasteiger partial charge is 0.388 e. The highest BCUT2D eigenvalue weighted by molar-refractivity contribution is 5.85. The van der Waals surface area contributed by atoms with Crippen LogP contribution in [0.25, 0.3) is 10.8 Å². The van der Waals surface area contributed by atoms with Crippen molar-refractivity contribution in [2.45, 2.75) is 44.6 Å². The van der Waals surface area contributed by atoms with Crippen molar-refractivity contribution in [2.75, 3.05) is 0 Å². The van der Waals surface area contributed by atoms with Crippen molar-refractivity contribution in [1.29, 1.82) is 0 Å². The van der Waals surface area contributed by atoms with E-state index in [1.165, 1.54) is 31.1 Å². The van der Waals surface area contributed by atoms with Gasteiger partial charge < -0.3 is 5.11 Å². The molecule has 0 amide bonds. The van der Waals surface area contributed by atoms with Crippen molar-refractivity contribution in [3.05, 3.63) is 42.2 Å². The minimum atomic E-state index is -0.342. The lowest BCUT2D eigenvalue weighted by atomic mass is 9.87. The molecule has 2 heteroatoms. The number of hydrogen-bond acceptors (Lipinski definition) is 2. The number of pyridine rings is 1. The average molecular weight is 255 g/mol. The van der Waals surface area contributed by atoms with E-state index in [9.17, 15) is 5.11 Å². The molecule has 2 aromatic rings. The maximum Gasteiger partial charge on any atom is 0.0824 e. The molecule has 1 saturated carbocycles. The van der Waals surface area contributed by atoms with E-state index in [2.05, 4.69) is 17.1 Å². The molecule has 0 radical (unpaired) electrons. The Morgan fingerprint density at radius 1 is 1.05 bits per heavy atom. The molecule has 1 atom stereocenters. The van der Waals surface area contributed by atoms with Gasteiger partial charge in [-0.2, -0.15) is 0 Å². The van der Waals surface area contributed by atoms with Crippen LogP contribution in [0.15, 0.2) is 36.7 Å². The van der Waals surface area contributed by atoms with Crippen molar-refractivity contribution < 1.29 is 5.11 Å². The van der Waals surface area contributed by atoms with Crippen molar-refractivity contribution >= 4 is 10.8 Å². The zero-order valence-electron chi connectivity index (χ0n) is 11.3. The molecule has 1 fully saturated rings. The summed E-state index contributed by atoms with van der Waals surface area (Å²) in [7, 11) is 0. The first-order valence-corrected chi connectivity index (χ1v) is 7.37. The molecular formula is C17H21NO. The van der Waals surface area contributed by atoms with Gasteiger partial charge in [0.15, 0.2) is 0 Å². The van der Waals surface area contributed by atoms with Gasteiger partial charge in [-0.05, 0) is 35.8 Å². The molecule has 2 nitrogen and oxygen atoms in total. The van der Waals surface area contributed by atoms with Crippen LogP contribution in [0.4, 0.5) is 0 Å². The summed E-state index contributed by atoms with van der Waals surface area (Å²) in [5.41, 5.74) is 1.05. The highest BCUT2D eigenvalue weighted by Gasteiger charge is 2.23. The van der Waals surface area contributed by atoms with E-state index < -0.39 is 0 Å². The second-order valence-electron chi connectivity index (χ2n) is 5.64. The quantitative estimate of drug-likeness (QED) is 0.814. The molecule has 0 bridgehead atoms. The summed E-state index contributed by atoms with van der Waals surface area (Å²) in [6, 6.07) is 8.19. The summed E-state index contributed by atoms with van der Waals surface area (Å²) in [6.07, 6.45) is 10.8. The van der Waals surface area contributed by atoms with Gasteiger partial charge in [0.25, 0.3) is 0 Å². The van der Waals surface area contributed by atoms with Crippen LogP contribution in [-0.4, -0.2) is 10.1 Å². The topological polar surface area (TPSA) is 33.1 Å². The van der Waals surface area contributed by atoms with E-state index in [-0.39, 0.29) is 6.10 Å². The number of aliphatic hydroxyl groups excluding tert-OH is 1. The molecule has 1 N–H and O–H groups in total. The molecule has 1 heterocycles. The first-order valence-electron chi connectivity index (χ1n) is 7.37. The Morgan fingerprint density at radius 3 is 2.63 bits per heavy atom. The fourth-order valence-electron chi connectivity index (χ4n) is 3.28. The Balaban J connectivity index is 1.94. The number of rotatable bonds is 2. The SMILES string of the molecule is OC(c1cccc2ccncc12)C1CCCCCC1. The summed E-state index contributed by atoms with van der Waals surface area (Å²) in [6.45, 7) is 0. The predicted octanol–water partition coefficient (Wildman–Crippen LogP) is 4.24. The second kappa shape index (κ2) is 5.70. The molecule has 19 heavy (non-hydrogen) atoms. The smallest absolute Gasteiger partial charge is 0.0824 e. The van der Waals surface area contributed by atoms with Crippen molar-refractivity contribution in [1.82, 2.24) is 4.98 Å². The van der Waals surface area contributed by atoms with Crippen LogP contribution in [0.2, 0.25) is 0 Å². The first kappa shape index (κ1) is 12.6. The van der Waals surface area contributed by atoms with Gasteiger partial charge in [0.1, 0.15) is 0 Å². The summed E-state index contributed by atoms with van der Waals surface area (Å²) < 4.78 is 0. The van der Waals surface area contributed by atoms with Crippen LogP contribution in [0.3, 0.4) is 0 Å². The third kappa shape index (κ3) is 2.64. The van der Waals surface area contributed by atoms with Crippen LogP contribution in [-0.2, 0) is 0 Å². The third-order valence-corrected chi connectivity index (χ3v) is 4.38. The Bertz CT molecular complexity index is 538. The zero-order valence-corrected chi connectivity index (χ0v) is 11.3. The van der Waals surface area contributed by atoms with Crippen molar-refractivity contribution in [3.63, 3.8) is 0 Å². The molecule has 1 aliphatic rings. The third-order valence-electron chi connectivity index (χ3n) is 4.38. The minimum absolute atomic E-state index is 0.342. The monoisotopic (exact) mass is 255 g/mol. The molecule has 100 valence electrons. The zero-order chi connectivity index (χ0) is 13.1. The summed E-state index contributed by atoms with van der Waals surface area (Å²) in [5, 5.41) is 13.0. The summed E-state index contributed by atoms with van der Waals surface area (Å²) >= 11 is 0. The standard InChI is InChI=1S/C17H21NO/c19-17(14-6-3-1-2-4-7-14)15-9-5-8-13-10-11-18-12-16(13)15/h5,8-12,14,17,19H,1-4,6-7H2. The molecule has 3 rings (SSSR count). The number of hydrogen-bond donors (Lipinski definition) is 1. The lowest BCUT2D eigenvalue weighted by Crippen LogP contribution is -2.12. The maximum absolute atomic E-state index is 10.7. The highest BCUT2D eigenvalue weighted by atomic mass is 16.3. The van der Waals surface area contributed by atoms with Gasteiger partial charge in [0.05, 0.1) is 6.10 Å². The van der Waals surface area contributed by atoms with E-state index in [0.29, 0.717) is 5.92 Å². The predicted molar refractivity (Wildman–Crippen MR) is 77.9 cm³/mol. The number of benzene rings is 1. The number of fused-ring (bicyclic) bond motifs is 1. The van der Waals surface area contributed by atoms with Crippen LogP contribution in [0, 0.1) is 5.92 Å². The van der Waals surface area contributed by atoms with Gasteiger partial charge in [-0.25, -0.2) is 0 Å². The molecule has 0 aliphatic heterocycles. The van der Waals surface area contributed by atoms with Crippen LogP contribution in [0.5, 0.6) is 0 Å². The van der Waals surface area contributed by atoms with Gasteiger partial charge >= 0.3 is 0 Å². The van der Waals surface area contributed by atoms with E-state index in [1.54, 1.807) is 0 Å². The molecule has 1 aromatic carbocycles. The fraction of sp³-hybridized carbons (Fsp3) is 0.471. The Labute approximate surface area is 114 Å². The summed E-state index contributed by atoms with van der Waals surface area (Å²) in [4.78, 5) is 4.21. The van der Waals surface area contributed by atoms with Crippen LogP contribution >= 0.6 is 0 Å². The van der Waals surface area contributed by atoms with E-state index in [1.807, 2.05) is 24.5 Å². The first-order chi connectivity index (χ1) is 9.36. The molecule has 0 saturated heterocycles. The lowest BCUT2D eigenvalue weighted by Gasteiger charge is -2.22. The fourth-order valence-corrected chi connectivity index (χ4v) is 3.28. The molecule has 0 spiro atoms. The van der Waals surface area contributed by atoms with Gasteiger partial charge in [-0.15, -0.1) is 0 Å². The van der Waals surface area contributed by atoms with Gasteiger partial charge in [-0.3, -0.25) is 4.98 Å². The number of nitrogens with zero attached hydrogens (tertiary/aromatic N) is 1. The number of aromatic nitrogens is 1. The summed E-state index contributed by atoms with van der Waals surface area (Å²) in [5.74, 6) is 0.410. The van der Waals surface area contributed by atoms with Gasteiger partial charge in [0.2, 0.25) is 0 Å². The highest BCUT2D eigenvalue weighted by Crippen LogP contribution is 2.35. The molecule has 1 aromatic heterocycles. The molecule has 1 aliphatic carbocycles.